The monoisotopic (exact) mass is 358 g/mol. The zero-order valence-corrected chi connectivity index (χ0v) is 18.0. The van der Waals surface area contributed by atoms with Crippen LogP contribution in [0.2, 0.25) is 0 Å². The van der Waals surface area contributed by atoms with Crippen molar-refractivity contribution in [1.29, 1.82) is 0 Å². The molecule has 0 aromatic heterocycles. The highest BCUT2D eigenvalue weighted by Crippen LogP contribution is 2.15. The molecule has 0 heteroatoms. The van der Waals surface area contributed by atoms with Gasteiger partial charge in [0.15, 0.2) is 0 Å². The Bertz CT molecular complexity index is 371. The van der Waals surface area contributed by atoms with E-state index in [-0.39, 0.29) is 0 Å². The van der Waals surface area contributed by atoms with Gasteiger partial charge in [-0.05, 0) is 36.8 Å². The van der Waals surface area contributed by atoms with Gasteiger partial charge in [-0.3, -0.25) is 0 Å². The Labute approximate surface area is 165 Å². The zero-order valence-electron chi connectivity index (χ0n) is 18.0. The van der Waals surface area contributed by atoms with E-state index in [9.17, 15) is 0 Å². The van der Waals surface area contributed by atoms with Gasteiger partial charge in [0.2, 0.25) is 0 Å². The van der Waals surface area contributed by atoms with E-state index in [4.69, 9.17) is 0 Å². The molecule has 0 N–H and O–H groups in total. The molecule has 0 aliphatic rings. The maximum atomic E-state index is 2.47. The lowest BCUT2D eigenvalue weighted by Crippen LogP contribution is -1.91. The molecule has 0 saturated heterocycles. The number of rotatable bonds is 18. The molecule has 0 amide bonds. The van der Waals surface area contributed by atoms with Gasteiger partial charge in [0.25, 0.3) is 0 Å². The summed E-state index contributed by atoms with van der Waals surface area (Å²) in [5.74, 6) is 0. The predicted octanol–water partition coefficient (Wildman–Crippen LogP) is 9.05. The molecule has 0 unspecified atom stereocenters. The maximum absolute atomic E-state index is 2.47. The minimum absolute atomic E-state index is 1.28. The molecule has 0 spiro atoms. The van der Waals surface area contributed by atoms with Gasteiger partial charge in [-0.2, -0.15) is 0 Å². The van der Waals surface area contributed by atoms with Crippen LogP contribution in [0.4, 0.5) is 0 Å². The van der Waals surface area contributed by atoms with Crippen molar-refractivity contribution in [3.8, 4) is 0 Å². The van der Waals surface area contributed by atoms with Gasteiger partial charge in [-0.15, -0.1) is 0 Å². The maximum Gasteiger partial charge on any atom is -0.0279 e. The molecular formula is C26H46. The summed E-state index contributed by atoms with van der Waals surface area (Å²) >= 11 is 0. The van der Waals surface area contributed by atoms with Crippen molar-refractivity contribution in [2.75, 3.05) is 0 Å². The first-order valence-electron chi connectivity index (χ1n) is 11.9. The highest BCUT2D eigenvalue weighted by molar-refractivity contribution is 5.23. The SMILES string of the molecule is CCCCCCCCCCc1cccc(CCCCCCCCCC)c1. The fourth-order valence-corrected chi connectivity index (χ4v) is 3.87. The minimum atomic E-state index is 1.28. The van der Waals surface area contributed by atoms with E-state index in [1.165, 1.54) is 116 Å². The Hall–Kier alpha value is -0.780. The lowest BCUT2D eigenvalue weighted by Gasteiger charge is -2.06. The van der Waals surface area contributed by atoms with Crippen LogP contribution in [-0.2, 0) is 12.8 Å². The quantitative estimate of drug-likeness (QED) is 0.229. The summed E-state index contributed by atoms with van der Waals surface area (Å²) < 4.78 is 0. The first-order chi connectivity index (χ1) is 12.9. The molecule has 1 aromatic rings. The van der Waals surface area contributed by atoms with E-state index in [2.05, 4.69) is 38.1 Å². The zero-order chi connectivity index (χ0) is 18.7. The van der Waals surface area contributed by atoms with E-state index in [0.29, 0.717) is 0 Å². The number of aryl methyl sites for hydroxylation is 2. The Morgan fingerprint density at radius 1 is 0.462 bits per heavy atom. The Balaban J connectivity index is 2.03. The van der Waals surface area contributed by atoms with E-state index in [1.54, 1.807) is 11.1 Å². The topological polar surface area (TPSA) is 0 Å². The van der Waals surface area contributed by atoms with Gasteiger partial charge >= 0.3 is 0 Å². The highest BCUT2D eigenvalue weighted by Gasteiger charge is 1.99. The molecule has 0 aliphatic carbocycles. The molecule has 0 bridgehead atoms. The average molecular weight is 359 g/mol. The Kier molecular flexibility index (Phi) is 15.8. The molecule has 150 valence electrons. The van der Waals surface area contributed by atoms with Crippen LogP contribution in [-0.4, -0.2) is 0 Å². The predicted molar refractivity (Wildman–Crippen MR) is 119 cm³/mol. The van der Waals surface area contributed by atoms with Gasteiger partial charge in [-0.25, -0.2) is 0 Å². The Morgan fingerprint density at radius 2 is 0.808 bits per heavy atom. The largest absolute Gasteiger partial charge is 0.0654 e. The van der Waals surface area contributed by atoms with E-state index >= 15 is 0 Å². The number of benzene rings is 1. The average Bonchev–Trinajstić information content (AvgIpc) is 2.66. The third kappa shape index (κ3) is 13.4. The van der Waals surface area contributed by atoms with Crippen molar-refractivity contribution in [1.82, 2.24) is 0 Å². The summed E-state index contributed by atoms with van der Waals surface area (Å²) in [5.41, 5.74) is 3.13. The summed E-state index contributed by atoms with van der Waals surface area (Å²) in [6.45, 7) is 4.59. The molecule has 0 nitrogen and oxygen atoms in total. The molecule has 1 rings (SSSR count). The summed E-state index contributed by atoms with van der Waals surface area (Å²) in [4.78, 5) is 0. The summed E-state index contributed by atoms with van der Waals surface area (Å²) in [6.07, 6.45) is 25.2. The second-order valence-corrected chi connectivity index (χ2v) is 8.27. The molecule has 0 atom stereocenters. The van der Waals surface area contributed by atoms with Crippen molar-refractivity contribution in [3.63, 3.8) is 0 Å². The van der Waals surface area contributed by atoms with E-state index in [0.717, 1.165) is 0 Å². The van der Waals surface area contributed by atoms with Crippen molar-refractivity contribution < 1.29 is 0 Å². The van der Waals surface area contributed by atoms with Crippen LogP contribution >= 0.6 is 0 Å². The van der Waals surface area contributed by atoms with Crippen LogP contribution in [0.1, 0.15) is 128 Å². The lowest BCUT2D eigenvalue weighted by molar-refractivity contribution is 0.574. The Morgan fingerprint density at radius 3 is 1.19 bits per heavy atom. The third-order valence-electron chi connectivity index (χ3n) is 5.63. The van der Waals surface area contributed by atoms with Gasteiger partial charge in [-0.1, -0.05) is 128 Å². The summed E-state index contributed by atoms with van der Waals surface area (Å²) in [6, 6.07) is 9.42. The summed E-state index contributed by atoms with van der Waals surface area (Å²) in [7, 11) is 0. The van der Waals surface area contributed by atoms with Crippen LogP contribution in [0.3, 0.4) is 0 Å². The molecule has 0 radical (unpaired) electrons. The van der Waals surface area contributed by atoms with Crippen LogP contribution in [0.5, 0.6) is 0 Å². The number of unbranched alkanes of at least 4 members (excludes halogenated alkanes) is 14. The van der Waals surface area contributed by atoms with Gasteiger partial charge < -0.3 is 0 Å². The molecule has 0 aliphatic heterocycles. The van der Waals surface area contributed by atoms with Crippen molar-refractivity contribution in [2.45, 2.75) is 129 Å². The van der Waals surface area contributed by atoms with Crippen LogP contribution in [0.15, 0.2) is 24.3 Å². The smallest absolute Gasteiger partial charge is 0.0279 e. The van der Waals surface area contributed by atoms with Gasteiger partial charge in [0.05, 0.1) is 0 Å². The molecule has 26 heavy (non-hydrogen) atoms. The first-order valence-corrected chi connectivity index (χ1v) is 11.9. The normalized spacial score (nSPS) is 11.2. The van der Waals surface area contributed by atoms with Crippen molar-refractivity contribution in [2.24, 2.45) is 0 Å². The van der Waals surface area contributed by atoms with Gasteiger partial charge in [0, 0.05) is 0 Å². The standard InChI is InChI=1S/C26H46/c1-3-5-7-9-11-13-15-17-20-25-22-19-23-26(24-25)21-18-16-14-12-10-8-6-4-2/h19,22-24H,3-18,20-21H2,1-2H3. The first kappa shape index (κ1) is 23.3. The second-order valence-electron chi connectivity index (χ2n) is 8.27. The van der Waals surface area contributed by atoms with Crippen LogP contribution in [0, 0.1) is 0 Å². The molecule has 0 saturated carbocycles. The second kappa shape index (κ2) is 17.6. The fourth-order valence-electron chi connectivity index (χ4n) is 3.87. The minimum Gasteiger partial charge on any atom is -0.0654 e. The summed E-state index contributed by atoms with van der Waals surface area (Å²) in [5, 5.41) is 0. The lowest BCUT2D eigenvalue weighted by atomic mass is 10.00. The highest BCUT2D eigenvalue weighted by atomic mass is 14.0. The van der Waals surface area contributed by atoms with Crippen molar-refractivity contribution >= 4 is 0 Å². The van der Waals surface area contributed by atoms with E-state index in [1.807, 2.05) is 0 Å². The third-order valence-corrected chi connectivity index (χ3v) is 5.63. The molecule has 0 fully saturated rings. The van der Waals surface area contributed by atoms with Gasteiger partial charge in [0.1, 0.15) is 0 Å². The molecule has 0 heterocycles. The fraction of sp³-hybridized carbons (Fsp3) is 0.769. The van der Waals surface area contributed by atoms with E-state index < -0.39 is 0 Å². The van der Waals surface area contributed by atoms with Crippen LogP contribution in [0.25, 0.3) is 0 Å². The number of hydrogen-bond donors (Lipinski definition) is 0. The molecule has 1 aromatic carbocycles. The molecular weight excluding hydrogens is 312 g/mol. The number of hydrogen-bond acceptors (Lipinski definition) is 0. The van der Waals surface area contributed by atoms with Crippen LogP contribution < -0.4 is 0 Å². The van der Waals surface area contributed by atoms with Crippen molar-refractivity contribution in [3.05, 3.63) is 35.4 Å².